The minimum atomic E-state index is -3.30. The van der Waals surface area contributed by atoms with Gasteiger partial charge >= 0.3 is 6.09 Å². The molecule has 0 aromatic carbocycles. The average Bonchev–Trinajstić information content (AvgIpc) is 2.39. The third kappa shape index (κ3) is 14.8. The Hall–Kier alpha value is -1.55. The van der Waals surface area contributed by atoms with E-state index in [2.05, 4.69) is 25.7 Å². The third-order valence-corrected chi connectivity index (χ3v) is 3.68. The summed E-state index contributed by atoms with van der Waals surface area (Å²) in [5, 5.41) is 8.93. The Balaban J connectivity index is 4.33. The van der Waals surface area contributed by atoms with Crippen LogP contribution in [0.4, 0.5) is 4.79 Å². The van der Waals surface area contributed by atoms with Crippen molar-refractivity contribution >= 4 is 22.1 Å². The Labute approximate surface area is 157 Å². The lowest BCUT2D eigenvalue weighted by molar-refractivity contribution is 0.0527. The fourth-order valence-electron chi connectivity index (χ4n) is 1.95. The molecule has 0 fully saturated rings. The van der Waals surface area contributed by atoms with E-state index >= 15 is 0 Å². The van der Waals surface area contributed by atoms with Crippen LogP contribution in [0, 0.1) is 0 Å². The van der Waals surface area contributed by atoms with Crippen molar-refractivity contribution in [3.8, 4) is 0 Å². The van der Waals surface area contributed by atoms with Crippen molar-refractivity contribution in [1.82, 2.24) is 20.7 Å². The second-order valence-corrected chi connectivity index (χ2v) is 9.41. The van der Waals surface area contributed by atoms with E-state index in [0.717, 1.165) is 6.26 Å². The van der Waals surface area contributed by atoms with Gasteiger partial charge in [0.2, 0.25) is 10.0 Å². The number of carbonyl (C=O) groups is 1. The van der Waals surface area contributed by atoms with Gasteiger partial charge in [-0.2, -0.15) is 0 Å². The molecule has 0 heterocycles. The number of rotatable bonds is 9. The Morgan fingerprint density at radius 3 is 2.12 bits per heavy atom. The van der Waals surface area contributed by atoms with Crippen LogP contribution in [0.2, 0.25) is 0 Å². The smallest absolute Gasteiger partial charge is 0.407 e. The summed E-state index contributed by atoms with van der Waals surface area (Å²) in [7, 11) is -3.30. The minimum absolute atomic E-state index is 0.283. The number of nitrogens with one attached hydrogen (secondary N) is 4. The molecule has 26 heavy (non-hydrogen) atoms. The van der Waals surface area contributed by atoms with E-state index in [1.54, 1.807) is 13.8 Å². The maximum Gasteiger partial charge on any atom is 0.407 e. The van der Waals surface area contributed by atoms with E-state index in [4.69, 9.17) is 4.74 Å². The van der Waals surface area contributed by atoms with Crippen molar-refractivity contribution in [2.75, 3.05) is 32.4 Å². The molecular formula is C16H35N5O4S. The second kappa shape index (κ2) is 10.6. The van der Waals surface area contributed by atoms with Crippen molar-refractivity contribution in [3.05, 3.63) is 0 Å². The number of sulfonamides is 1. The lowest BCUT2D eigenvalue weighted by Gasteiger charge is -2.23. The van der Waals surface area contributed by atoms with Gasteiger partial charge in [-0.25, -0.2) is 17.9 Å². The van der Waals surface area contributed by atoms with Crippen LogP contribution in [-0.4, -0.2) is 64.0 Å². The lowest BCUT2D eigenvalue weighted by Crippen LogP contribution is -2.47. The molecule has 0 saturated heterocycles. The van der Waals surface area contributed by atoms with Crippen LogP contribution in [0.15, 0.2) is 4.99 Å². The Morgan fingerprint density at radius 2 is 1.62 bits per heavy atom. The molecule has 0 radical (unpaired) electrons. The Morgan fingerprint density at radius 1 is 1.04 bits per heavy atom. The van der Waals surface area contributed by atoms with Crippen molar-refractivity contribution in [2.45, 2.75) is 59.1 Å². The third-order valence-electron chi connectivity index (χ3n) is 2.75. The molecule has 0 unspecified atom stereocenters. The molecule has 0 aromatic rings. The number of ether oxygens (including phenoxy) is 1. The number of nitrogens with zero attached hydrogens (tertiary/aromatic N) is 1. The maximum atomic E-state index is 11.5. The summed E-state index contributed by atoms with van der Waals surface area (Å²) in [5.74, 6) is 0.591. The maximum absolute atomic E-state index is 11.5. The summed E-state index contributed by atoms with van der Waals surface area (Å²) in [6.45, 7) is 13.0. The fourth-order valence-corrected chi connectivity index (χ4v) is 3.02. The first kappa shape index (κ1) is 24.5. The highest BCUT2D eigenvalue weighted by Gasteiger charge is 2.21. The van der Waals surface area contributed by atoms with Crippen LogP contribution in [0.3, 0.4) is 0 Å². The van der Waals surface area contributed by atoms with Crippen LogP contribution in [0.1, 0.15) is 48.0 Å². The first-order valence-corrected chi connectivity index (χ1v) is 10.6. The fraction of sp³-hybridized carbons (Fsp3) is 0.875. The van der Waals surface area contributed by atoms with Crippen LogP contribution >= 0.6 is 0 Å². The first-order valence-electron chi connectivity index (χ1n) is 8.72. The number of carbonyl (C=O) groups excluding carboxylic acids is 1. The molecule has 0 spiro atoms. The van der Waals surface area contributed by atoms with Crippen molar-refractivity contribution < 1.29 is 17.9 Å². The molecule has 154 valence electrons. The van der Waals surface area contributed by atoms with Crippen LogP contribution in [-0.2, 0) is 14.8 Å². The molecule has 0 rings (SSSR count). The van der Waals surface area contributed by atoms with E-state index < -0.39 is 27.3 Å². The molecule has 0 aliphatic heterocycles. The quantitative estimate of drug-likeness (QED) is 0.261. The number of amides is 1. The summed E-state index contributed by atoms with van der Waals surface area (Å²) in [5.41, 5.74) is -1.20. The van der Waals surface area contributed by atoms with E-state index in [1.807, 2.05) is 27.7 Å². The predicted octanol–water partition coefficient (Wildman–Crippen LogP) is 0.784. The van der Waals surface area contributed by atoms with Crippen LogP contribution in [0.25, 0.3) is 0 Å². The molecular weight excluding hydrogens is 358 g/mol. The Bertz CT molecular complexity index is 568. The molecule has 4 N–H and O–H groups in total. The van der Waals surface area contributed by atoms with E-state index in [-0.39, 0.29) is 6.54 Å². The summed E-state index contributed by atoms with van der Waals surface area (Å²) >= 11 is 0. The van der Waals surface area contributed by atoms with Crippen molar-refractivity contribution in [2.24, 2.45) is 4.99 Å². The van der Waals surface area contributed by atoms with Gasteiger partial charge in [-0.05, 0) is 48.0 Å². The van der Waals surface area contributed by atoms with E-state index in [0.29, 0.717) is 32.0 Å². The summed E-state index contributed by atoms with van der Waals surface area (Å²) in [6, 6.07) is 0. The lowest BCUT2D eigenvalue weighted by atomic mass is 10.1. The van der Waals surface area contributed by atoms with Gasteiger partial charge in [0.15, 0.2) is 5.96 Å². The largest absolute Gasteiger partial charge is 0.444 e. The van der Waals surface area contributed by atoms with Gasteiger partial charge in [0.05, 0.1) is 12.8 Å². The van der Waals surface area contributed by atoms with Gasteiger partial charge in [-0.15, -0.1) is 0 Å². The van der Waals surface area contributed by atoms with Gasteiger partial charge in [0.1, 0.15) is 5.60 Å². The zero-order valence-electron chi connectivity index (χ0n) is 17.0. The summed E-state index contributed by atoms with van der Waals surface area (Å²) in [4.78, 5) is 15.9. The molecule has 0 bridgehead atoms. The summed E-state index contributed by atoms with van der Waals surface area (Å²) < 4.78 is 30.4. The molecule has 9 nitrogen and oxygen atoms in total. The van der Waals surface area contributed by atoms with Gasteiger partial charge < -0.3 is 20.7 Å². The molecule has 0 aliphatic carbocycles. The number of hydrogen-bond donors (Lipinski definition) is 4. The van der Waals surface area contributed by atoms with Crippen LogP contribution < -0.4 is 20.7 Å². The van der Waals surface area contributed by atoms with E-state index in [9.17, 15) is 13.2 Å². The van der Waals surface area contributed by atoms with Gasteiger partial charge in [0.25, 0.3) is 0 Å². The van der Waals surface area contributed by atoms with Crippen LogP contribution in [0.5, 0.6) is 0 Å². The number of aliphatic imine (C=N–C) groups is 1. The number of alkyl carbamates (subject to hydrolysis) is 1. The second-order valence-electron chi connectivity index (χ2n) is 7.66. The highest BCUT2D eigenvalue weighted by molar-refractivity contribution is 7.88. The highest BCUT2D eigenvalue weighted by atomic mass is 32.2. The number of hydrogen-bond acceptors (Lipinski definition) is 5. The van der Waals surface area contributed by atoms with Crippen molar-refractivity contribution in [3.63, 3.8) is 0 Å². The molecule has 0 atom stereocenters. The zero-order chi connectivity index (χ0) is 20.4. The molecule has 0 saturated carbocycles. The average molecular weight is 394 g/mol. The van der Waals surface area contributed by atoms with E-state index in [1.165, 1.54) is 0 Å². The molecule has 10 heteroatoms. The Kier molecular flexibility index (Phi) is 9.93. The SMILES string of the molecule is CCNC(=NCC(C)(C)NS(C)(=O)=O)NCCCNC(=O)OC(C)(C)C. The highest BCUT2D eigenvalue weighted by Crippen LogP contribution is 2.06. The normalized spacial score (nSPS) is 13.3. The van der Waals surface area contributed by atoms with Gasteiger partial charge in [0, 0.05) is 25.2 Å². The summed E-state index contributed by atoms with van der Waals surface area (Å²) in [6.07, 6.45) is 1.38. The minimum Gasteiger partial charge on any atom is -0.444 e. The van der Waals surface area contributed by atoms with Gasteiger partial charge in [-0.1, -0.05) is 0 Å². The molecule has 0 aliphatic rings. The first-order chi connectivity index (χ1) is 11.7. The van der Waals surface area contributed by atoms with Gasteiger partial charge in [-0.3, -0.25) is 4.99 Å². The molecule has 1 amide bonds. The zero-order valence-corrected chi connectivity index (χ0v) is 17.8. The van der Waals surface area contributed by atoms with Crippen molar-refractivity contribution in [1.29, 1.82) is 0 Å². The topological polar surface area (TPSA) is 121 Å². The monoisotopic (exact) mass is 393 g/mol. The molecule has 0 aromatic heterocycles. The standard InChI is InChI=1S/C16H35N5O4S/c1-8-17-13(20-12-16(5,6)21-26(7,23)24)18-10-9-11-19-14(22)25-15(2,3)4/h21H,8-12H2,1-7H3,(H,19,22)(H2,17,18,20). The number of guanidine groups is 1. The predicted molar refractivity (Wildman–Crippen MR) is 105 cm³/mol.